The fraction of sp³-hybridized carbons (Fsp3) is 0.579. The number of ether oxygens (including phenoxy) is 1. The predicted molar refractivity (Wildman–Crippen MR) is 97.1 cm³/mol. The van der Waals surface area contributed by atoms with Gasteiger partial charge in [0.2, 0.25) is 5.91 Å². The molecule has 2 heterocycles. The lowest BCUT2D eigenvalue weighted by Gasteiger charge is -2.38. The van der Waals surface area contributed by atoms with Gasteiger partial charge in [-0.2, -0.15) is 0 Å². The summed E-state index contributed by atoms with van der Waals surface area (Å²) in [5.74, 6) is -0.742. The van der Waals surface area contributed by atoms with Crippen LogP contribution in [0.25, 0.3) is 0 Å². The van der Waals surface area contributed by atoms with Crippen LogP contribution in [0.3, 0.4) is 0 Å². The van der Waals surface area contributed by atoms with Crippen LogP contribution in [-0.4, -0.2) is 78.7 Å². The van der Waals surface area contributed by atoms with E-state index in [-0.39, 0.29) is 29.6 Å². The first kappa shape index (κ1) is 19.6. The third kappa shape index (κ3) is 4.06. The van der Waals surface area contributed by atoms with E-state index in [1.54, 1.807) is 18.0 Å². The number of halogens is 1. The quantitative estimate of drug-likeness (QED) is 0.802. The molecule has 1 aromatic carbocycles. The monoisotopic (exact) mass is 379 g/mol. The molecule has 7 nitrogen and oxygen atoms in total. The molecule has 3 rings (SSSR count). The van der Waals surface area contributed by atoms with Gasteiger partial charge in [-0.05, 0) is 37.5 Å². The van der Waals surface area contributed by atoms with Gasteiger partial charge < -0.3 is 20.1 Å². The van der Waals surface area contributed by atoms with Gasteiger partial charge in [-0.25, -0.2) is 4.39 Å². The SMILES string of the molecule is CNC(=O)[C@@H]1C[C@@H](O)CN1C1CCN(C(=O)c2ccc(OC)c(F)c2)CC1. The minimum atomic E-state index is -0.558. The number of aliphatic hydroxyl groups is 1. The first-order chi connectivity index (χ1) is 12.9. The zero-order valence-corrected chi connectivity index (χ0v) is 15.7. The van der Waals surface area contributed by atoms with Crippen molar-refractivity contribution in [2.45, 2.75) is 37.5 Å². The van der Waals surface area contributed by atoms with Crippen molar-refractivity contribution in [3.05, 3.63) is 29.6 Å². The van der Waals surface area contributed by atoms with Crippen molar-refractivity contribution in [1.82, 2.24) is 15.1 Å². The van der Waals surface area contributed by atoms with Crippen molar-refractivity contribution in [2.24, 2.45) is 0 Å². The number of rotatable bonds is 4. The van der Waals surface area contributed by atoms with Crippen LogP contribution in [0.5, 0.6) is 5.75 Å². The lowest BCUT2D eigenvalue weighted by atomic mass is 10.0. The number of methoxy groups -OCH3 is 1. The molecule has 0 aromatic heterocycles. The number of carbonyl (C=O) groups excluding carboxylic acids is 2. The zero-order chi connectivity index (χ0) is 19.6. The maximum absolute atomic E-state index is 13.9. The second-order valence-corrected chi connectivity index (χ2v) is 7.09. The number of carbonyl (C=O) groups is 2. The molecule has 2 fully saturated rings. The Hall–Kier alpha value is -2.19. The van der Waals surface area contributed by atoms with Gasteiger partial charge in [-0.15, -0.1) is 0 Å². The number of piperidine rings is 1. The smallest absolute Gasteiger partial charge is 0.253 e. The van der Waals surface area contributed by atoms with Crippen LogP contribution < -0.4 is 10.1 Å². The summed E-state index contributed by atoms with van der Waals surface area (Å²) >= 11 is 0. The van der Waals surface area contributed by atoms with Crippen LogP contribution in [0.4, 0.5) is 4.39 Å². The molecular formula is C19H26FN3O4. The summed E-state index contributed by atoms with van der Waals surface area (Å²) < 4.78 is 18.8. The number of likely N-dealkylation sites (N-methyl/N-ethyl adjacent to an activating group) is 1. The minimum Gasteiger partial charge on any atom is -0.494 e. The Balaban J connectivity index is 1.62. The molecule has 27 heavy (non-hydrogen) atoms. The van der Waals surface area contributed by atoms with E-state index in [1.165, 1.54) is 19.2 Å². The van der Waals surface area contributed by atoms with Gasteiger partial charge in [0.05, 0.1) is 19.3 Å². The maximum atomic E-state index is 13.9. The van der Waals surface area contributed by atoms with E-state index >= 15 is 0 Å². The van der Waals surface area contributed by atoms with Crippen molar-refractivity contribution in [1.29, 1.82) is 0 Å². The number of β-amino-alcohol motifs (C(OH)–C–C–N with tert-alkyl or cyclic N) is 1. The average molecular weight is 379 g/mol. The number of amides is 2. The van der Waals surface area contributed by atoms with Crippen LogP contribution in [0.2, 0.25) is 0 Å². The van der Waals surface area contributed by atoms with Gasteiger partial charge in [-0.3, -0.25) is 14.5 Å². The van der Waals surface area contributed by atoms with Crippen molar-refractivity contribution in [2.75, 3.05) is 33.8 Å². The molecule has 0 radical (unpaired) electrons. The third-order valence-corrected chi connectivity index (χ3v) is 5.49. The van der Waals surface area contributed by atoms with Crippen molar-refractivity contribution < 1.29 is 23.8 Å². The highest BCUT2D eigenvalue weighted by atomic mass is 19.1. The second-order valence-electron chi connectivity index (χ2n) is 7.09. The number of nitrogens with zero attached hydrogens (tertiary/aromatic N) is 2. The van der Waals surface area contributed by atoms with E-state index in [2.05, 4.69) is 10.2 Å². The highest BCUT2D eigenvalue weighted by molar-refractivity contribution is 5.94. The number of nitrogens with one attached hydrogen (secondary N) is 1. The van der Waals surface area contributed by atoms with Gasteiger partial charge in [-0.1, -0.05) is 0 Å². The summed E-state index contributed by atoms with van der Waals surface area (Å²) in [5.41, 5.74) is 0.298. The van der Waals surface area contributed by atoms with Crippen LogP contribution in [0, 0.1) is 5.82 Å². The van der Waals surface area contributed by atoms with Gasteiger partial charge in [0.1, 0.15) is 0 Å². The normalized spacial score (nSPS) is 24.1. The highest BCUT2D eigenvalue weighted by Crippen LogP contribution is 2.27. The summed E-state index contributed by atoms with van der Waals surface area (Å²) in [6.07, 6.45) is 1.35. The highest BCUT2D eigenvalue weighted by Gasteiger charge is 2.40. The van der Waals surface area contributed by atoms with Crippen LogP contribution in [0.15, 0.2) is 18.2 Å². The van der Waals surface area contributed by atoms with Crippen LogP contribution in [-0.2, 0) is 4.79 Å². The Morgan fingerprint density at radius 3 is 2.59 bits per heavy atom. The standard InChI is InChI=1S/C19H26FN3O4/c1-21-18(25)16-10-14(24)11-23(16)13-5-7-22(8-6-13)19(26)12-3-4-17(27-2)15(20)9-12/h3-4,9,13-14,16,24H,5-8,10-11H2,1-2H3,(H,21,25)/t14-,16+/m1/s1. The second kappa shape index (κ2) is 8.22. The van der Waals surface area contributed by atoms with Gasteiger partial charge in [0.25, 0.3) is 5.91 Å². The first-order valence-corrected chi connectivity index (χ1v) is 9.22. The number of benzene rings is 1. The Kier molecular flexibility index (Phi) is 5.96. The molecule has 0 saturated carbocycles. The number of hydrogen-bond acceptors (Lipinski definition) is 5. The van der Waals surface area contributed by atoms with Crippen molar-refractivity contribution >= 4 is 11.8 Å². The lowest BCUT2D eigenvalue weighted by molar-refractivity contribution is -0.126. The fourth-order valence-electron chi connectivity index (χ4n) is 4.05. The summed E-state index contributed by atoms with van der Waals surface area (Å²) in [6.45, 7) is 1.54. The molecular weight excluding hydrogens is 353 g/mol. The van der Waals surface area contributed by atoms with E-state index in [0.717, 1.165) is 0 Å². The molecule has 2 saturated heterocycles. The Bertz CT molecular complexity index is 706. The van der Waals surface area contributed by atoms with Crippen molar-refractivity contribution in [3.8, 4) is 5.75 Å². The minimum absolute atomic E-state index is 0.0845. The van der Waals surface area contributed by atoms with Gasteiger partial charge >= 0.3 is 0 Å². The molecule has 2 N–H and O–H groups in total. The molecule has 2 atom stereocenters. The Morgan fingerprint density at radius 2 is 2.00 bits per heavy atom. The average Bonchev–Trinajstić information content (AvgIpc) is 3.08. The molecule has 0 unspecified atom stereocenters. The zero-order valence-electron chi connectivity index (χ0n) is 15.7. The lowest BCUT2D eigenvalue weighted by Crippen LogP contribution is -2.51. The molecule has 8 heteroatoms. The van der Waals surface area contributed by atoms with E-state index in [9.17, 15) is 19.1 Å². The fourth-order valence-corrected chi connectivity index (χ4v) is 4.05. The molecule has 1 aromatic rings. The third-order valence-electron chi connectivity index (χ3n) is 5.49. The largest absolute Gasteiger partial charge is 0.494 e. The summed E-state index contributed by atoms with van der Waals surface area (Å²) in [5, 5.41) is 12.6. The molecule has 0 bridgehead atoms. The van der Waals surface area contributed by atoms with Gasteiger partial charge in [0, 0.05) is 38.3 Å². The Morgan fingerprint density at radius 1 is 1.30 bits per heavy atom. The van der Waals surface area contributed by atoms with Crippen LogP contribution in [0.1, 0.15) is 29.6 Å². The topological polar surface area (TPSA) is 82.1 Å². The maximum Gasteiger partial charge on any atom is 0.253 e. The van der Waals surface area contributed by atoms with Crippen molar-refractivity contribution in [3.63, 3.8) is 0 Å². The molecule has 0 spiro atoms. The van der Waals surface area contributed by atoms with E-state index in [1.807, 2.05) is 0 Å². The van der Waals surface area contributed by atoms with Crippen LogP contribution >= 0.6 is 0 Å². The number of likely N-dealkylation sites (tertiary alicyclic amines) is 2. The summed E-state index contributed by atoms with van der Waals surface area (Å²) in [4.78, 5) is 28.5. The molecule has 2 amide bonds. The number of hydrogen-bond donors (Lipinski definition) is 2. The number of aliphatic hydroxyl groups excluding tert-OH is 1. The van der Waals surface area contributed by atoms with E-state index in [4.69, 9.17) is 4.74 Å². The van der Waals surface area contributed by atoms with E-state index in [0.29, 0.717) is 44.5 Å². The summed E-state index contributed by atoms with van der Waals surface area (Å²) in [7, 11) is 2.98. The summed E-state index contributed by atoms with van der Waals surface area (Å²) in [6, 6.07) is 4.03. The molecule has 2 aliphatic rings. The first-order valence-electron chi connectivity index (χ1n) is 9.22. The van der Waals surface area contributed by atoms with Gasteiger partial charge in [0.15, 0.2) is 11.6 Å². The molecule has 148 valence electrons. The predicted octanol–water partition coefficient (Wildman–Crippen LogP) is 0.620. The van der Waals surface area contributed by atoms with E-state index < -0.39 is 11.9 Å². The molecule has 2 aliphatic heterocycles. The molecule has 0 aliphatic carbocycles. The Labute approximate surface area is 158 Å².